The summed E-state index contributed by atoms with van der Waals surface area (Å²) in [5.41, 5.74) is 0.225. The van der Waals surface area contributed by atoms with E-state index in [2.05, 4.69) is 40.8 Å². The Morgan fingerprint density at radius 1 is 1.15 bits per heavy atom. The van der Waals surface area contributed by atoms with Crippen LogP contribution in [0.4, 0.5) is 0 Å². The molecule has 2 heteroatoms. The van der Waals surface area contributed by atoms with Gasteiger partial charge in [-0.15, -0.1) is 0 Å². The average molecular weight is 200 g/mol. The van der Waals surface area contributed by atoms with Crippen LogP contribution < -0.4 is 0 Å². The third-order valence-corrected chi connectivity index (χ3v) is 8.33. The van der Waals surface area contributed by atoms with E-state index in [0.717, 1.165) is 0 Å². The van der Waals surface area contributed by atoms with Crippen molar-refractivity contribution in [1.82, 2.24) is 0 Å². The fourth-order valence-electron chi connectivity index (χ4n) is 1.55. The second-order valence-electron chi connectivity index (χ2n) is 6.17. The van der Waals surface area contributed by atoms with Crippen LogP contribution in [0.15, 0.2) is 0 Å². The van der Waals surface area contributed by atoms with Crippen molar-refractivity contribution < 1.29 is 4.43 Å². The molecule has 1 nitrogen and oxygen atoms in total. The molecule has 0 aromatic rings. The Kier molecular flexibility index (Phi) is 2.68. The average Bonchev–Trinajstić information content (AvgIpc) is 1.80. The van der Waals surface area contributed by atoms with Gasteiger partial charge in [0.05, 0.1) is 5.60 Å². The minimum atomic E-state index is -1.51. The maximum Gasteiger partial charge on any atom is 0.192 e. The summed E-state index contributed by atoms with van der Waals surface area (Å²) in [4.78, 5) is 0. The van der Waals surface area contributed by atoms with Crippen molar-refractivity contribution in [2.45, 2.75) is 70.7 Å². The lowest BCUT2D eigenvalue weighted by Crippen LogP contribution is -2.51. The first-order valence-electron chi connectivity index (χ1n) is 5.37. The van der Waals surface area contributed by atoms with E-state index in [4.69, 9.17) is 4.43 Å². The zero-order valence-corrected chi connectivity index (χ0v) is 11.0. The highest BCUT2D eigenvalue weighted by atomic mass is 28.4. The SMILES string of the molecule is CC1(O[Si](C)(C)C(C)(C)C)CCC1. The molecule has 0 atom stereocenters. The van der Waals surface area contributed by atoms with Gasteiger partial charge < -0.3 is 4.43 Å². The lowest BCUT2D eigenvalue weighted by Gasteiger charge is -2.48. The maximum absolute atomic E-state index is 6.36. The van der Waals surface area contributed by atoms with E-state index in [0.29, 0.717) is 5.04 Å². The molecule has 1 rings (SSSR count). The Labute approximate surface area is 84.0 Å². The Balaban J connectivity index is 2.61. The van der Waals surface area contributed by atoms with Crippen molar-refractivity contribution >= 4 is 8.32 Å². The van der Waals surface area contributed by atoms with Gasteiger partial charge in [-0.25, -0.2) is 0 Å². The van der Waals surface area contributed by atoms with E-state index in [9.17, 15) is 0 Å². The van der Waals surface area contributed by atoms with Crippen molar-refractivity contribution in [2.75, 3.05) is 0 Å². The van der Waals surface area contributed by atoms with Crippen molar-refractivity contribution in [2.24, 2.45) is 0 Å². The van der Waals surface area contributed by atoms with Crippen LogP contribution in [0.3, 0.4) is 0 Å². The summed E-state index contributed by atoms with van der Waals surface area (Å²) in [6.07, 6.45) is 3.88. The summed E-state index contributed by atoms with van der Waals surface area (Å²) >= 11 is 0. The molecule has 0 aromatic carbocycles. The highest BCUT2D eigenvalue weighted by Crippen LogP contribution is 2.44. The molecule has 0 N–H and O–H groups in total. The predicted molar refractivity (Wildman–Crippen MR) is 60.5 cm³/mol. The second kappa shape index (κ2) is 3.09. The van der Waals surface area contributed by atoms with Crippen LogP contribution in [-0.2, 0) is 4.43 Å². The number of rotatable bonds is 2. The van der Waals surface area contributed by atoms with Gasteiger partial charge in [0.2, 0.25) is 0 Å². The third-order valence-electron chi connectivity index (χ3n) is 3.72. The molecule has 1 aliphatic rings. The molecule has 0 bridgehead atoms. The lowest BCUT2D eigenvalue weighted by molar-refractivity contribution is -0.00196. The van der Waals surface area contributed by atoms with Crippen LogP contribution >= 0.6 is 0 Å². The van der Waals surface area contributed by atoms with Crippen LogP contribution in [0.2, 0.25) is 18.1 Å². The third kappa shape index (κ3) is 2.35. The normalized spacial score (nSPS) is 22.6. The number of hydrogen-bond acceptors (Lipinski definition) is 1. The van der Waals surface area contributed by atoms with Crippen molar-refractivity contribution in [1.29, 1.82) is 0 Å². The molecular formula is C11H24OSi. The second-order valence-corrected chi connectivity index (χ2v) is 10.9. The molecule has 0 radical (unpaired) electrons. The van der Waals surface area contributed by atoms with Gasteiger partial charge in [-0.3, -0.25) is 0 Å². The summed E-state index contributed by atoms with van der Waals surface area (Å²) in [6, 6.07) is 0. The van der Waals surface area contributed by atoms with E-state index in [-0.39, 0.29) is 5.60 Å². The summed E-state index contributed by atoms with van der Waals surface area (Å²) in [5, 5.41) is 0.353. The van der Waals surface area contributed by atoms with Crippen LogP contribution in [0.1, 0.15) is 47.0 Å². The van der Waals surface area contributed by atoms with Crippen LogP contribution in [-0.4, -0.2) is 13.9 Å². The van der Waals surface area contributed by atoms with Crippen LogP contribution in [0.5, 0.6) is 0 Å². The van der Waals surface area contributed by atoms with Crippen LogP contribution in [0, 0.1) is 0 Å². The smallest absolute Gasteiger partial charge is 0.192 e. The Morgan fingerprint density at radius 2 is 1.62 bits per heavy atom. The molecule has 0 aliphatic heterocycles. The van der Waals surface area contributed by atoms with Crippen molar-refractivity contribution in [3.8, 4) is 0 Å². The Morgan fingerprint density at radius 3 is 1.85 bits per heavy atom. The molecule has 0 unspecified atom stereocenters. The molecule has 13 heavy (non-hydrogen) atoms. The topological polar surface area (TPSA) is 9.23 Å². The molecule has 0 spiro atoms. The molecule has 0 aromatic heterocycles. The highest BCUT2D eigenvalue weighted by Gasteiger charge is 2.44. The largest absolute Gasteiger partial charge is 0.412 e. The summed E-state index contributed by atoms with van der Waals surface area (Å²) in [7, 11) is -1.51. The van der Waals surface area contributed by atoms with E-state index in [1.165, 1.54) is 19.3 Å². The van der Waals surface area contributed by atoms with Crippen LogP contribution in [0.25, 0.3) is 0 Å². The van der Waals surface area contributed by atoms with Gasteiger partial charge in [-0.05, 0) is 44.3 Å². The highest BCUT2D eigenvalue weighted by molar-refractivity contribution is 6.74. The molecular weight excluding hydrogens is 176 g/mol. The number of hydrogen-bond donors (Lipinski definition) is 0. The minimum Gasteiger partial charge on any atom is -0.412 e. The summed E-state index contributed by atoms with van der Waals surface area (Å²) < 4.78 is 6.36. The molecule has 78 valence electrons. The summed E-state index contributed by atoms with van der Waals surface area (Å²) in [5.74, 6) is 0. The monoisotopic (exact) mass is 200 g/mol. The molecule has 1 fully saturated rings. The van der Waals surface area contributed by atoms with E-state index in [1.807, 2.05) is 0 Å². The maximum atomic E-state index is 6.36. The van der Waals surface area contributed by atoms with Gasteiger partial charge in [0.1, 0.15) is 0 Å². The van der Waals surface area contributed by atoms with Gasteiger partial charge in [-0.1, -0.05) is 20.8 Å². The van der Waals surface area contributed by atoms with Crippen molar-refractivity contribution in [3.05, 3.63) is 0 Å². The van der Waals surface area contributed by atoms with E-state index < -0.39 is 8.32 Å². The van der Waals surface area contributed by atoms with Gasteiger partial charge in [0.15, 0.2) is 8.32 Å². The molecule has 0 amide bonds. The van der Waals surface area contributed by atoms with Gasteiger partial charge in [-0.2, -0.15) is 0 Å². The fourth-order valence-corrected chi connectivity index (χ4v) is 3.29. The first kappa shape index (κ1) is 11.3. The fraction of sp³-hybridized carbons (Fsp3) is 1.00. The van der Waals surface area contributed by atoms with Gasteiger partial charge in [0, 0.05) is 0 Å². The molecule has 0 saturated heterocycles. The quantitative estimate of drug-likeness (QED) is 0.613. The van der Waals surface area contributed by atoms with E-state index >= 15 is 0 Å². The minimum absolute atomic E-state index is 0.225. The van der Waals surface area contributed by atoms with E-state index in [1.54, 1.807) is 0 Å². The zero-order valence-electron chi connectivity index (χ0n) is 10.0. The van der Waals surface area contributed by atoms with Gasteiger partial charge >= 0.3 is 0 Å². The Hall–Kier alpha value is 0.177. The molecule has 1 saturated carbocycles. The summed E-state index contributed by atoms with van der Waals surface area (Å²) in [6.45, 7) is 13.9. The lowest BCUT2D eigenvalue weighted by atomic mass is 9.82. The Bertz CT molecular complexity index is 187. The van der Waals surface area contributed by atoms with Gasteiger partial charge in [0.25, 0.3) is 0 Å². The predicted octanol–water partition coefficient (Wildman–Crippen LogP) is 3.95. The molecule has 0 heterocycles. The first-order valence-corrected chi connectivity index (χ1v) is 8.27. The van der Waals surface area contributed by atoms with Crippen molar-refractivity contribution in [3.63, 3.8) is 0 Å². The standard InChI is InChI=1S/C11H24OSi/c1-10(2,3)13(5,6)12-11(4)8-7-9-11/h7-9H2,1-6H3. The first-order chi connectivity index (χ1) is 5.66. The zero-order chi connectivity index (χ0) is 10.3. The molecule has 1 aliphatic carbocycles.